The van der Waals surface area contributed by atoms with Crippen molar-refractivity contribution in [3.63, 3.8) is 0 Å². The maximum Gasteiger partial charge on any atom is 0.251 e. The van der Waals surface area contributed by atoms with E-state index in [0.717, 1.165) is 58.5 Å². The lowest BCUT2D eigenvalue weighted by molar-refractivity contribution is 0.0949. The highest BCUT2D eigenvalue weighted by atomic mass is 35.5. The molecule has 1 amide bonds. The van der Waals surface area contributed by atoms with Gasteiger partial charge < -0.3 is 14.6 Å². The highest BCUT2D eigenvalue weighted by Gasteiger charge is 2.22. The second-order valence-corrected chi connectivity index (χ2v) is 12.5. The smallest absolute Gasteiger partial charge is 0.251 e. The van der Waals surface area contributed by atoms with Crippen LogP contribution in [0.2, 0.25) is 5.02 Å². The number of benzene rings is 4. The van der Waals surface area contributed by atoms with Crippen LogP contribution >= 0.6 is 11.6 Å². The van der Waals surface area contributed by atoms with Gasteiger partial charge >= 0.3 is 0 Å². The average molecular weight is 623 g/mol. The molecule has 1 saturated heterocycles. The summed E-state index contributed by atoms with van der Waals surface area (Å²) in [6.07, 6.45) is 2.87. The van der Waals surface area contributed by atoms with E-state index in [1.54, 1.807) is 6.07 Å². The Kier molecular flexibility index (Phi) is 10.0. The monoisotopic (exact) mass is 622 g/mol. The molecule has 7 heteroatoms. The fourth-order valence-electron chi connectivity index (χ4n) is 6.47. The van der Waals surface area contributed by atoms with Crippen LogP contribution < -0.4 is 10.1 Å². The Bertz CT molecular complexity index is 1740. The third-order valence-electron chi connectivity index (χ3n) is 9.04. The molecule has 5 aromatic rings. The highest BCUT2D eigenvalue weighted by Crippen LogP contribution is 2.31. The van der Waals surface area contributed by atoms with Crippen molar-refractivity contribution in [1.82, 2.24) is 19.7 Å². The quantitative estimate of drug-likeness (QED) is 0.145. The zero-order valence-corrected chi connectivity index (χ0v) is 27.1. The molecule has 0 bridgehead atoms. The van der Waals surface area contributed by atoms with E-state index < -0.39 is 0 Å². The summed E-state index contributed by atoms with van der Waals surface area (Å²) in [5, 5.41) is 6.15. The average Bonchev–Trinajstić information content (AvgIpc) is 3.35. The molecular formula is C38H43ClN4O2. The maximum atomic E-state index is 12.8. The van der Waals surface area contributed by atoms with Crippen molar-refractivity contribution >= 4 is 39.3 Å². The Morgan fingerprint density at radius 2 is 1.67 bits per heavy atom. The first-order valence-electron chi connectivity index (χ1n) is 16.2. The van der Waals surface area contributed by atoms with Crippen molar-refractivity contribution < 1.29 is 9.53 Å². The lowest BCUT2D eigenvalue weighted by Gasteiger charge is -2.32. The first-order chi connectivity index (χ1) is 22.0. The minimum atomic E-state index is -0.107. The lowest BCUT2D eigenvalue weighted by Crippen LogP contribution is -2.37. The number of hydrogen-bond acceptors (Lipinski definition) is 4. The Balaban J connectivity index is 0.954. The summed E-state index contributed by atoms with van der Waals surface area (Å²) >= 11 is 6.59. The van der Waals surface area contributed by atoms with Gasteiger partial charge in [0.2, 0.25) is 0 Å². The Morgan fingerprint density at radius 3 is 2.44 bits per heavy atom. The number of rotatable bonds is 12. The zero-order chi connectivity index (χ0) is 31.2. The summed E-state index contributed by atoms with van der Waals surface area (Å²) in [5.74, 6) is 0.539. The molecule has 0 aliphatic carbocycles. The first kappa shape index (κ1) is 31.2. The minimum Gasteiger partial charge on any atom is -0.489 e. The number of ether oxygens (including phenoxy) is 1. The number of fused-ring (bicyclic) bond motifs is 3. The van der Waals surface area contributed by atoms with Crippen molar-refractivity contribution in [3.05, 3.63) is 113 Å². The van der Waals surface area contributed by atoms with E-state index in [1.807, 2.05) is 18.2 Å². The van der Waals surface area contributed by atoms with E-state index in [0.29, 0.717) is 22.9 Å². The summed E-state index contributed by atoms with van der Waals surface area (Å²) < 4.78 is 8.59. The molecule has 6 nitrogen and oxygen atoms in total. The molecule has 1 aliphatic heterocycles. The van der Waals surface area contributed by atoms with Gasteiger partial charge in [0.05, 0.1) is 5.02 Å². The fraction of sp³-hybridized carbons (Fsp3) is 0.342. The third kappa shape index (κ3) is 7.52. The van der Waals surface area contributed by atoms with Crippen LogP contribution in [0.1, 0.15) is 47.7 Å². The van der Waals surface area contributed by atoms with Crippen molar-refractivity contribution in [2.45, 2.75) is 45.4 Å². The van der Waals surface area contributed by atoms with Gasteiger partial charge in [-0.15, -0.1) is 0 Å². The molecule has 1 aliphatic rings. The zero-order valence-electron chi connectivity index (χ0n) is 26.3. The second kappa shape index (κ2) is 14.5. The van der Waals surface area contributed by atoms with Gasteiger partial charge in [0.15, 0.2) is 0 Å². The van der Waals surface area contributed by atoms with Crippen LogP contribution in [0.5, 0.6) is 5.75 Å². The number of halogens is 1. The van der Waals surface area contributed by atoms with Crippen LogP contribution in [0.15, 0.2) is 91.0 Å². The number of amides is 1. The van der Waals surface area contributed by atoms with Gasteiger partial charge in [-0.1, -0.05) is 73.1 Å². The van der Waals surface area contributed by atoms with E-state index >= 15 is 0 Å². The molecule has 1 fully saturated rings. The molecule has 4 aromatic carbocycles. The van der Waals surface area contributed by atoms with Gasteiger partial charge in [-0.3, -0.25) is 14.6 Å². The van der Waals surface area contributed by atoms with E-state index in [4.69, 9.17) is 16.3 Å². The molecule has 0 unspecified atom stereocenters. The van der Waals surface area contributed by atoms with Gasteiger partial charge in [0.1, 0.15) is 11.9 Å². The molecule has 0 atom stereocenters. The van der Waals surface area contributed by atoms with Crippen LogP contribution in [0.4, 0.5) is 0 Å². The number of aromatic nitrogens is 1. The summed E-state index contributed by atoms with van der Waals surface area (Å²) in [7, 11) is 2.14. The molecule has 6 rings (SSSR count). The Labute approximate surface area is 271 Å². The molecular weight excluding hydrogens is 580 g/mol. The Hall–Kier alpha value is -3.84. The van der Waals surface area contributed by atoms with E-state index in [1.165, 1.54) is 32.9 Å². The van der Waals surface area contributed by atoms with Crippen LogP contribution in [0.25, 0.3) is 21.8 Å². The molecule has 1 N–H and O–H groups in total. The molecule has 2 heterocycles. The van der Waals surface area contributed by atoms with Crippen LogP contribution in [0, 0.1) is 0 Å². The number of nitrogens with zero attached hydrogens (tertiary/aromatic N) is 3. The summed E-state index contributed by atoms with van der Waals surface area (Å²) in [4.78, 5) is 17.7. The SMILES string of the molecule is CCN(CCCNC(=O)c1ccc(OC2CCN(Cc3ccc4c(c3)c3ccccc3n4C)CC2)c(Cl)c1)Cc1ccccc1. The molecule has 234 valence electrons. The highest BCUT2D eigenvalue weighted by molar-refractivity contribution is 6.32. The predicted molar refractivity (Wildman–Crippen MR) is 185 cm³/mol. The number of carbonyl (C=O) groups excluding carboxylic acids is 1. The minimum absolute atomic E-state index is 0.107. The third-order valence-corrected chi connectivity index (χ3v) is 9.33. The van der Waals surface area contributed by atoms with Crippen molar-refractivity contribution in [3.8, 4) is 5.75 Å². The van der Waals surface area contributed by atoms with Gasteiger partial charge in [-0.05, 0) is 73.3 Å². The van der Waals surface area contributed by atoms with Crippen LogP contribution in [-0.2, 0) is 20.1 Å². The Morgan fingerprint density at radius 1 is 0.911 bits per heavy atom. The van der Waals surface area contributed by atoms with Crippen LogP contribution in [-0.4, -0.2) is 59.1 Å². The topological polar surface area (TPSA) is 49.7 Å². The largest absolute Gasteiger partial charge is 0.489 e. The number of piperidine rings is 1. The predicted octanol–water partition coefficient (Wildman–Crippen LogP) is 7.67. The fourth-order valence-corrected chi connectivity index (χ4v) is 6.70. The van der Waals surface area contributed by atoms with Crippen molar-refractivity contribution in [2.24, 2.45) is 7.05 Å². The van der Waals surface area contributed by atoms with E-state index in [-0.39, 0.29) is 12.0 Å². The molecule has 45 heavy (non-hydrogen) atoms. The summed E-state index contributed by atoms with van der Waals surface area (Å²) in [6.45, 7) is 8.48. The number of carbonyl (C=O) groups is 1. The lowest BCUT2D eigenvalue weighted by atomic mass is 10.1. The molecule has 0 saturated carbocycles. The summed E-state index contributed by atoms with van der Waals surface area (Å²) in [5.41, 5.74) is 5.74. The van der Waals surface area contributed by atoms with Gasteiger partial charge in [0.25, 0.3) is 5.91 Å². The number of likely N-dealkylation sites (tertiary alicyclic amines) is 1. The van der Waals surface area contributed by atoms with E-state index in [2.05, 4.69) is 100 Å². The number of aryl methyl sites for hydroxylation is 1. The molecule has 0 radical (unpaired) electrons. The standard InChI is InChI=1S/C38H43ClN4O2/c1-3-42(26-28-10-5-4-6-11-28)21-9-20-40-38(44)30-15-17-37(34(39)25-30)45-31-18-22-43(23-19-31)27-29-14-16-36-33(24-29)32-12-7-8-13-35(32)41(36)2/h4-8,10-17,24-25,31H,3,9,18-23,26-27H2,1-2H3,(H,40,44). The summed E-state index contributed by atoms with van der Waals surface area (Å²) in [6, 6.07) is 31.3. The van der Waals surface area contributed by atoms with Crippen molar-refractivity contribution in [2.75, 3.05) is 32.7 Å². The van der Waals surface area contributed by atoms with E-state index in [9.17, 15) is 4.79 Å². The van der Waals surface area contributed by atoms with Gasteiger partial charge in [-0.2, -0.15) is 0 Å². The number of hydrogen-bond donors (Lipinski definition) is 1. The van der Waals surface area contributed by atoms with Gasteiger partial charge in [-0.25, -0.2) is 0 Å². The van der Waals surface area contributed by atoms with Gasteiger partial charge in [0, 0.05) is 73.7 Å². The maximum absolute atomic E-state index is 12.8. The van der Waals surface area contributed by atoms with Crippen molar-refractivity contribution in [1.29, 1.82) is 0 Å². The number of nitrogens with one attached hydrogen (secondary N) is 1. The van der Waals surface area contributed by atoms with Crippen LogP contribution in [0.3, 0.4) is 0 Å². The first-order valence-corrected chi connectivity index (χ1v) is 16.6. The molecule has 1 aromatic heterocycles. The second-order valence-electron chi connectivity index (χ2n) is 12.1. The molecule has 0 spiro atoms. The number of para-hydroxylation sites is 1. The normalized spacial score (nSPS) is 14.4.